The van der Waals surface area contributed by atoms with Gasteiger partial charge in [0.2, 0.25) is 0 Å². The fourth-order valence-electron chi connectivity index (χ4n) is 2.51. The SMILES string of the molecule is Cl.O=c1cc(C2CCNCC2)oc2c(Cl)cc(Cl)cc12. The van der Waals surface area contributed by atoms with Crippen molar-refractivity contribution in [3.63, 3.8) is 0 Å². The van der Waals surface area contributed by atoms with Gasteiger partial charge in [-0.1, -0.05) is 23.2 Å². The van der Waals surface area contributed by atoms with Crippen molar-refractivity contribution in [2.45, 2.75) is 18.8 Å². The maximum absolute atomic E-state index is 12.2. The maximum atomic E-state index is 12.2. The van der Waals surface area contributed by atoms with Gasteiger partial charge in [-0.2, -0.15) is 0 Å². The van der Waals surface area contributed by atoms with Crippen LogP contribution in [0.1, 0.15) is 24.5 Å². The minimum absolute atomic E-state index is 0. The van der Waals surface area contributed by atoms with Crippen LogP contribution >= 0.6 is 35.6 Å². The third-order valence-electron chi connectivity index (χ3n) is 3.51. The molecule has 1 N–H and O–H groups in total. The monoisotopic (exact) mass is 333 g/mol. The van der Waals surface area contributed by atoms with Gasteiger partial charge in [-0.3, -0.25) is 4.79 Å². The number of piperidine rings is 1. The molecule has 2 aromatic rings. The molecule has 3 nitrogen and oxygen atoms in total. The Morgan fingerprint density at radius 2 is 1.85 bits per heavy atom. The Morgan fingerprint density at radius 1 is 1.15 bits per heavy atom. The van der Waals surface area contributed by atoms with Crippen LogP contribution in [-0.2, 0) is 0 Å². The summed E-state index contributed by atoms with van der Waals surface area (Å²) in [6.07, 6.45) is 1.94. The van der Waals surface area contributed by atoms with Crippen LogP contribution in [0.4, 0.5) is 0 Å². The molecule has 1 aromatic heterocycles. The predicted octanol–water partition coefficient (Wildman–Crippen LogP) is 3.99. The van der Waals surface area contributed by atoms with Crippen molar-refractivity contribution >= 4 is 46.6 Å². The lowest BCUT2D eigenvalue weighted by Gasteiger charge is -2.21. The fourth-order valence-corrected chi connectivity index (χ4v) is 3.04. The molecule has 3 rings (SSSR count). The van der Waals surface area contributed by atoms with Crippen LogP contribution in [0.3, 0.4) is 0 Å². The molecule has 0 radical (unpaired) electrons. The van der Waals surface area contributed by atoms with Crippen LogP contribution < -0.4 is 10.7 Å². The molecule has 6 heteroatoms. The lowest BCUT2D eigenvalue weighted by Crippen LogP contribution is -2.27. The molecule has 1 aromatic carbocycles. The summed E-state index contributed by atoms with van der Waals surface area (Å²) in [6.45, 7) is 1.89. The van der Waals surface area contributed by atoms with Gasteiger partial charge >= 0.3 is 0 Å². The van der Waals surface area contributed by atoms with Gasteiger partial charge in [0.1, 0.15) is 5.76 Å². The van der Waals surface area contributed by atoms with Gasteiger partial charge in [0.05, 0.1) is 10.4 Å². The molecule has 0 bridgehead atoms. The first-order valence-corrected chi connectivity index (χ1v) is 7.04. The normalized spacial score (nSPS) is 16.1. The summed E-state index contributed by atoms with van der Waals surface area (Å²) >= 11 is 12.0. The maximum Gasteiger partial charge on any atom is 0.193 e. The molecule has 0 unspecified atom stereocenters. The van der Waals surface area contributed by atoms with Gasteiger partial charge in [-0.05, 0) is 38.1 Å². The topological polar surface area (TPSA) is 42.2 Å². The molecule has 0 aliphatic carbocycles. The van der Waals surface area contributed by atoms with Gasteiger partial charge in [0.25, 0.3) is 0 Å². The standard InChI is InChI=1S/C14H13Cl2NO2.ClH/c15-9-5-10-12(18)7-13(8-1-3-17-4-2-8)19-14(10)11(16)6-9;/h5-8,17H,1-4H2;1H. The number of nitrogens with one attached hydrogen (secondary N) is 1. The van der Waals surface area contributed by atoms with Crippen LogP contribution in [0.5, 0.6) is 0 Å². The third kappa shape index (κ3) is 2.96. The molecular formula is C14H14Cl3NO2. The molecule has 1 fully saturated rings. The molecule has 0 amide bonds. The van der Waals surface area contributed by atoms with Crippen molar-refractivity contribution in [3.05, 3.63) is 44.2 Å². The van der Waals surface area contributed by atoms with Gasteiger partial charge in [-0.25, -0.2) is 0 Å². The molecule has 108 valence electrons. The average molecular weight is 335 g/mol. The number of hydrogen-bond acceptors (Lipinski definition) is 3. The van der Waals surface area contributed by atoms with Crippen molar-refractivity contribution in [3.8, 4) is 0 Å². The van der Waals surface area contributed by atoms with Crippen LogP contribution in [-0.4, -0.2) is 13.1 Å². The number of rotatable bonds is 1. The zero-order valence-corrected chi connectivity index (χ0v) is 12.9. The highest BCUT2D eigenvalue weighted by Gasteiger charge is 2.19. The molecule has 20 heavy (non-hydrogen) atoms. The number of benzene rings is 1. The Labute approximate surface area is 132 Å². The van der Waals surface area contributed by atoms with Gasteiger partial charge in [-0.15, -0.1) is 12.4 Å². The van der Waals surface area contributed by atoms with E-state index in [4.69, 9.17) is 27.6 Å². The second-order valence-corrected chi connectivity index (χ2v) is 5.65. The quantitative estimate of drug-likeness (QED) is 0.857. The summed E-state index contributed by atoms with van der Waals surface area (Å²) < 4.78 is 5.85. The summed E-state index contributed by atoms with van der Waals surface area (Å²) in [5.41, 5.74) is 0.353. The molecule has 1 saturated heterocycles. The predicted molar refractivity (Wildman–Crippen MR) is 84.6 cm³/mol. The second-order valence-electron chi connectivity index (χ2n) is 4.80. The summed E-state index contributed by atoms with van der Waals surface area (Å²) in [5, 5.41) is 4.56. The number of fused-ring (bicyclic) bond motifs is 1. The third-order valence-corrected chi connectivity index (χ3v) is 4.01. The Bertz CT molecular complexity index is 678. The van der Waals surface area contributed by atoms with Gasteiger partial charge in [0, 0.05) is 17.0 Å². The van der Waals surface area contributed by atoms with E-state index in [0.29, 0.717) is 21.0 Å². The summed E-state index contributed by atoms with van der Waals surface area (Å²) in [7, 11) is 0. The van der Waals surface area contributed by atoms with E-state index in [0.717, 1.165) is 31.7 Å². The highest BCUT2D eigenvalue weighted by molar-refractivity contribution is 6.38. The molecule has 0 atom stereocenters. The molecule has 1 aliphatic heterocycles. The average Bonchev–Trinajstić information content (AvgIpc) is 2.41. The van der Waals surface area contributed by atoms with Crippen molar-refractivity contribution in [1.82, 2.24) is 5.32 Å². The number of halogens is 3. The molecule has 1 aliphatic rings. The van der Waals surface area contributed by atoms with Crippen LogP contribution in [0.25, 0.3) is 11.0 Å². The fraction of sp³-hybridized carbons (Fsp3) is 0.357. The zero-order valence-electron chi connectivity index (χ0n) is 10.6. The minimum Gasteiger partial charge on any atom is -0.459 e. The van der Waals surface area contributed by atoms with E-state index in [9.17, 15) is 4.79 Å². The van der Waals surface area contributed by atoms with E-state index in [1.54, 1.807) is 18.2 Å². The smallest absolute Gasteiger partial charge is 0.193 e. The summed E-state index contributed by atoms with van der Waals surface area (Å²) in [6, 6.07) is 4.77. The van der Waals surface area contributed by atoms with E-state index in [1.165, 1.54) is 0 Å². The molecular weight excluding hydrogens is 321 g/mol. The van der Waals surface area contributed by atoms with Crippen LogP contribution in [0, 0.1) is 0 Å². The lowest BCUT2D eigenvalue weighted by atomic mass is 9.95. The van der Waals surface area contributed by atoms with E-state index in [-0.39, 0.29) is 23.8 Å². The van der Waals surface area contributed by atoms with Crippen molar-refractivity contribution in [2.75, 3.05) is 13.1 Å². The van der Waals surface area contributed by atoms with E-state index < -0.39 is 0 Å². The molecule has 0 saturated carbocycles. The van der Waals surface area contributed by atoms with Crippen molar-refractivity contribution in [1.29, 1.82) is 0 Å². The van der Waals surface area contributed by atoms with Gasteiger partial charge < -0.3 is 9.73 Å². The first-order chi connectivity index (χ1) is 9.15. The highest BCUT2D eigenvalue weighted by atomic mass is 35.5. The summed E-state index contributed by atoms with van der Waals surface area (Å²) in [4.78, 5) is 12.2. The Morgan fingerprint density at radius 3 is 2.55 bits per heavy atom. The highest BCUT2D eigenvalue weighted by Crippen LogP contribution is 2.31. The van der Waals surface area contributed by atoms with Crippen LogP contribution in [0.15, 0.2) is 27.4 Å². The van der Waals surface area contributed by atoms with Crippen LogP contribution in [0.2, 0.25) is 10.0 Å². The Kier molecular flexibility index (Phi) is 4.97. The largest absolute Gasteiger partial charge is 0.459 e. The van der Waals surface area contributed by atoms with E-state index in [1.807, 2.05) is 0 Å². The molecule has 0 spiro atoms. The second kappa shape index (κ2) is 6.35. The molecule has 2 heterocycles. The minimum atomic E-state index is -0.0841. The lowest BCUT2D eigenvalue weighted by molar-refractivity contribution is 0.392. The first-order valence-electron chi connectivity index (χ1n) is 6.28. The first kappa shape index (κ1) is 15.6. The Hall–Kier alpha value is -0.740. The number of hydrogen-bond donors (Lipinski definition) is 1. The van der Waals surface area contributed by atoms with Crippen molar-refractivity contribution < 1.29 is 4.42 Å². The van der Waals surface area contributed by atoms with E-state index in [2.05, 4.69) is 5.32 Å². The van der Waals surface area contributed by atoms with Crippen molar-refractivity contribution in [2.24, 2.45) is 0 Å². The Balaban J connectivity index is 0.00000147. The van der Waals surface area contributed by atoms with Gasteiger partial charge in [0.15, 0.2) is 11.0 Å². The summed E-state index contributed by atoms with van der Waals surface area (Å²) in [5.74, 6) is 1.01. The van der Waals surface area contributed by atoms with E-state index >= 15 is 0 Å². The zero-order chi connectivity index (χ0) is 13.4.